The van der Waals surface area contributed by atoms with E-state index in [1.807, 2.05) is 13.0 Å². The number of rotatable bonds is 6. The second-order valence-corrected chi connectivity index (χ2v) is 5.06. The number of benzene rings is 2. The average Bonchev–Trinajstić information content (AvgIpc) is 2.53. The maximum absolute atomic E-state index is 12.4. The van der Waals surface area contributed by atoms with Gasteiger partial charge in [0.15, 0.2) is 0 Å². The van der Waals surface area contributed by atoms with Crippen LogP contribution in [-0.4, -0.2) is 19.6 Å². The van der Waals surface area contributed by atoms with Crippen molar-refractivity contribution < 1.29 is 14.3 Å². The van der Waals surface area contributed by atoms with E-state index in [4.69, 9.17) is 21.1 Å². The van der Waals surface area contributed by atoms with E-state index in [9.17, 15) is 4.79 Å². The maximum atomic E-state index is 12.4. The molecule has 0 fully saturated rings. The van der Waals surface area contributed by atoms with E-state index in [0.717, 1.165) is 6.42 Å². The van der Waals surface area contributed by atoms with Gasteiger partial charge < -0.3 is 14.8 Å². The van der Waals surface area contributed by atoms with Crippen molar-refractivity contribution in [2.24, 2.45) is 0 Å². The van der Waals surface area contributed by atoms with Crippen molar-refractivity contribution in [3.63, 3.8) is 0 Å². The van der Waals surface area contributed by atoms with Crippen molar-refractivity contribution in [1.82, 2.24) is 0 Å². The van der Waals surface area contributed by atoms with E-state index >= 15 is 0 Å². The molecule has 5 heteroatoms. The van der Waals surface area contributed by atoms with Crippen LogP contribution in [0.3, 0.4) is 0 Å². The number of nitrogens with one attached hydrogen (secondary N) is 1. The molecular weight excluding hydrogens is 302 g/mol. The lowest BCUT2D eigenvalue weighted by Gasteiger charge is -2.12. The Balaban J connectivity index is 2.17. The van der Waals surface area contributed by atoms with Gasteiger partial charge in [0.2, 0.25) is 0 Å². The zero-order valence-corrected chi connectivity index (χ0v) is 13.3. The third kappa shape index (κ3) is 3.92. The lowest BCUT2D eigenvalue weighted by atomic mass is 10.2. The molecule has 0 aromatic heterocycles. The fourth-order valence-electron chi connectivity index (χ4n) is 1.93. The van der Waals surface area contributed by atoms with Crippen molar-refractivity contribution in [2.75, 3.05) is 19.0 Å². The Bertz CT molecular complexity index is 658. The Morgan fingerprint density at radius 3 is 2.64 bits per heavy atom. The number of amides is 1. The first-order valence-corrected chi connectivity index (χ1v) is 7.40. The van der Waals surface area contributed by atoms with Gasteiger partial charge in [0.05, 0.1) is 24.3 Å². The van der Waals surface area contributed by atoms with Crippen molar-refractivity contribution in [1.29, 1.82) is 0 Å². The minimum absolute atomic E-state index is 0.243. The smallest absolute Gasteiger partial charge is 0.259 e. The SMILES string of the molecule is CCCOc1ccccc1C(=O)Nc1ccc(OC)c(Cl)c1. The Kier molecular flexibility index (Phi) is 5.67. The Morgan fingerprint density at radius 1 is 1.18 bits per heavy atom. The van der Waals surface area contributed by atoms with Crippen LogP contribution in [0.4, 0.5) is 5.69 Å². The highest BCUT2D eigenvalue weighted by atomic mass is 35.5. The van der Waals surface area contributed by atoms with E-state index in [1.54, 1.807) is 43.5 Å². The second kappa shape index (κ2) is 7.71. The highest BCUT2D eigenvalue weighted by Gasteiger charge is 2.13. The third-order valence-electron chi connectivity index (χ3n) is 3.00. The molecule has 0 aliphatic rings. The van der Waals surface area contributed by atoms with Crippen LogP contribution in [0.25, 0.3) is 0 Å². The van der Waals surface area contributed by atoms with E-state index in [0.29, 0.717) is 34.4 Å². The molecule has 1 amide bonds. The molecule has 0 aliphatic heterocycles. The van der Waals surface area contributed by atoms with Gasteiger partial charge in [-0.2, -0.15) is 0 Å². The Morgan fingerprint density at radius 2 is 1.95 bits per heavy atom. The number of hydrogen-bond donors (Lipinski definition) is 1. The largest absolute Gasteiger partial charge is 0.495 e. The summed E-state index contributed by atoms with van der Waals surface area (Å²) in [6.45, 7) is 2.58. The zero-order chi connectivity index (χ0) is 15.9. The summed E-state index contributed by atoms with van der Waals surface area (Å²) >= 11 is 6.06. The quantitative estimate of drug-likeness (QED) is 0.859. The van der Waals surface area contributed by atoms with Gasteiger partial charge in [-0.05, 0) is 36.8 Å². The van der Waals surface area contributed by atoms with Gasteiger partial charge in [0.25, 0.3) is 5.91 Å². The van der Waals surface area contributed by atoms with Crippen LogP contribution in [0.2, 0.25) is 5.02 Å². The van der Waals surface area contributed by atoms with Crippen molar-refractivity contribution >= 4 is 23.2 Å². The average molecular weight is 320 g/mol. The number of hydrogen-bond acceptors (Lipinski definition) is 3. The minimum Gasteiger partial charge on any atom is -0.495 e. The molecule has 0 aliphatic carbocycles. The number of ether oxygens (including phenoxy) is 2. The maximum Gasteiger partial charge on any atom is 0.259 e. The molecule has 1 N–H and O–H groups in total. The summed E-state index contributed by atoms with van der Waals surface area (Å²) in [6, 6.07) is 12.2. The predicted molar refractivity (Wildman–Crippen MR) is 88.2 cm³/mol. The van der Waals surface area contributed by atoms with Gasteiger partial charge in [-0.25, -0.2) is 0 Å². The number of anilines is 1. The topological polar surface area (TPSA) is 47.6 Å². The molecule has 2 aromatic rings. The van der Waals surface area contributed by atoms with E-state index in [2.05, 4.69) is 5.32 Å². The fraction of sp³-hybridized carbons (Fsp3) is 0.235. The molecule has 4 nitrogen and oxygen atoms in total. The molecule has 0 unspecified atom stereocenters. The van der Waals surface area contributed by atoms with Crippen LogP contribution in [0.5, 0.6) is 11.5 Å². The van der Waals surface area contributed by atoms with Crippen LogP contribution in [0.15, 0.2) is 42.5 Å². The number of methoxy groups -OCH3 is 1. The first kappa shape index (κ1) is 16.2. The number of halogens is 1. The van der Waals surface area contributed by atoms with Crippen LogP contribution < -0.4 is 14.8 Å². The molecule has 0 bridgehead atoms. The number of carbonyl (C=O) groups excluding carboxylic acids is 1. The van der Waals surface area contributed by atoms with Crippen molar-refractivity contribution in [3.8, 4) is 11.5 Å². The summed E-state index contributed by atoms with van der Waals surface area (Å²) in [4.78, 5) is 12.4. The standard InChI is InChI=1S/C17H18ClNO3/c1-3-10-22-15-7-5-4-6-13(15)17(20)19-12-8-9-16(21-2)14(18)11-12/h4-9,11H,3,10H2,1-2H3,(H,19,20). The molecule has 2 aromatic carbocycles. The van der Waals surface area contributed by atoms with Gasteiger partial charge in [0, 0.05) is 5.69 Å². The van der Waals surface area contributed by atoms with Crippen molar-refractivity contribution in [3.05, 3.63) is 53.1 Å². The van der Waals surface area contributed by atoms with Crippen LogP contribution in [0.1, 0.15) is 23.7 Å². The first-order chi connectivity index (χ1) is 10.7. The molecule has 0 spiro atoms. The molecule has 0 heterocycles. The zero-order valence-electron chi connectivity index (χ0n) is 12.6. The molecule has 0 saturated carbocycles. The highest BCUT2D eigenvalue weighted by molar-refractivity contribution is 6.32. The van der Waals surface area contributed by atoms with Crippen molar-refractivity contribution in [2.45, 2.75) is 13.3 Å². The molecular formula is C17H18ClNO3. The van der Waals surface area contributed by atoms with Crippen LogP contribution in [0, 0.1) is 0 Å². The van der Waals surface area contributed by atoms with Gasteiger partial charge in [-0.3, -0.25) is 4.79 Å². The van der Waals surface area contributed by atoms with Crippen LogP contribution >= 0.6 is 11.6 Å². The summed E-state index contributed by atoms with van der Waals surface area (Å²) in [7, 11) is 1.54. The molecule has 116 valence electrons. The van der Waals surface area contributed by atoms with Gasteiger partial charge in [-0.1, -0.05) is 30.7 Å². The second-order valence-electron chi connectivity index (χ2n) is 4.65. The summed E-state index contributed by atoms with van der Waals surface area (Å²) in [5.41, 5.74) is 1.09. The molecule has 0 radical (unpaired) electrons. The lowest BCUT2D eigenvalue weighted by molar-refractivity contribution is 0.102. The molecule has 22 heavy (non-hydrogen) atoms. The minimum atomic E-state index is -0.243. The van der Waals surface area contributed by atoms with Gasteiger partial charge >= 0.3 is 0 Å². The van der Waals surface area contributed by atoms with E-state index in [1.165, 1.54) is 0 Å². The summed E-state index contributed by atoms with van der Waals surface area (Å²) in [6.07, 6.45) is 0.879. The van der Waals surface area contributed by atoms with Crippen LogP contribution in [-0.2, 0) is 0 Å². The summed E-state index contributed by atoms with van der Waals surface area (Å²) in [5, 5.41) is 3.25. The van der Waals surface area contributed by atoms with E-state index < -0.39 is 0 Å². The first-order valence-electron chi connectivity index (χ1n) is 7.02. The Labute approximate surface area is 135 Å². The monoisotopic (exact) mass is 319 g/mol. The lowest BCUT2D eigenvalue weighted by Crippen LogP contribution is -2.13. The Hall–Kier alpha value is -2.20. The molecule has 2 rings (SSSR count). The normalized spacial score (nSPS) is 10.1. The summed E-state index contributed by atoms with van der Waals surface area (Å²) in [5.74, 6) is 0.890. The fourth-order valence-corrected chi connectivity index (χ4v) is 2.19. The third-order valence-corrected chi connectivity index (χ3v) is 3.30. The van der Waals surface area contributed by atoms with E-state index in [-0.39, 0.29) is 5.91 Å². The molecule has 0 saturated heterocycles. The highest BCUT2D eigenvalue weighted by Crippen LogP contribution is 2.28. The predicted octanol–water partition coefficient (Wildman–Crippen LogP) is 4.39. The summed E-state index contributed by atoms with van der Waals surface area (Å²) < 4.78 is 10.7. The van der Waals surface area contributed by atoms with Gasteiger partial charge in [0.1, 0.15) is 11.5 Å². The number of para-hydroxylation sites is 1. The number of carbonyl (C=O) groups is 1. The van der Waals surface area contributed by atoms with Gasteiger partial charge in [-0.15, -0.1) is 0 Å². The molecule has 0 atom stereocenters.